The number of benzene rings is 2. The Morgan fingerprint density at radius 2 is 1.90 bits per heavy atom. The molecule has 2 aromatic carbocycles. The van der Waals surface area contributed by atoms with Crippen LogP contribution in [0.2, 0.25) is 10.0 Å². The molecule has 0 spiro atoms. The number of hydrogen-bond acceptors (Lipinski definition) is 6. The van der Waals surface area contributed by atoms with Gasteiger partial charge in [-0.25, -0.2) is 0 Å². The molecule has 9 heteroatoms. The molecule has 0 saturated heterocycles. The van der Waals surface area contributed by atoms with Gasteiger partial charge in [-0.2, -0.15) is 0 Å². The zero-order chi connectivity index (χ0) is 21.7. The van der Waals surface area contributed by atoms with E-state index >= 15 is 0 Å². The highest BCUT2D eigenvalue weighted by atomic mass is 35.5. The molecule has 0 amide bonds. The van der Waals surface area contributed by atoms with E-state index in [1.807, 2.05) is 19.1 Å². The van der Waals surface area contributed by atoms with Crippen molar-refractivity contribution < 1.29 is 18.9 Å². The van der Waals surface area contributed by atoms with Crippen LogP contribution in [0.25, 0.3) is 12.2 Å². The second-order valence-corrected chi connectivity index (χ2v) is 7.09. The number of hydrogen-bond donors (Lipinski definition) is 0. The van der Waals surface area contributed by atoms with E-state index in [0.717, 1.165) is 5.56 Å². The fourth-order valence-corrected chi connectivity index (χ4v) is 3.11. The van der Waals surface area contributed by atoms with E-state index in [2.05, 4.69) is 5.16 Å². The van der Waals surface area contributed by atoms with Crippen molar-refractivity contribution in [2.75, 3.05) is 6.61 Å². The third-order valence-corrected chi connectivity index (χ3v) is 4.63. The first-order valence-corrected chi connectivity index (χ1v) is 9.77. The van der Waals surface area contributed by atoms with Gasteiger partial charge in [0.2, 0.25) is 5.76 Å². The quantitative estimate of drug-likeness (QED) is 0.294. The Labute approximate surface area is 182 Å². The summed E-state index contributed by atoms with van der Waals surface area (Å²) in [6.45, 7) is 4.05. The third-order valence-electron chi connectivity index (χ3n) is 4.09. The highest BCUT2D eigenvalue weighted by Crippen LogP contribution is 2.38. The van der Waals surface area contributed by atoms with Crippen molar-refractivity contribution in [3.8, 4) is 11.5 Å². The SMILES string of the molecule is CCOc1cc(C=Cc2onc(C)c2[N+](=O)[O-])cc(Cl)c1OCc1ccc(Cl)cc1. The lowest BCUT2D eigenvalue weighted by atomic mass is 10.1. The van der Waals surface area contributed by atoms with Gasteiger partial charge < -0.3 is 14.0 Å². The van der Waals surface area contributed by atoms with E-state index in [1.54, 1.807) is 30.3 Å². The van der Waals surface area contributed by atoms with Gasteiger partial charge in [0.25, 0.3) is 0 Å². The van der Waals surface area contributed by atoms with Crippen molar-refractivity contribution in [1.82, 2.24) is 5.16 Å². The summed E-state index contributed by atoms with van der Waals surface area (Å²) < 4.78 is 16.6. The molecule has 0 saturated carbocycles. The average molecular weight is 449 g/mol. The minimum atomic E-state index is -0.530. The van der Waals surface area contributed by atoms with Crippen LogP contribution in [-0.4, -0.2) is 16.7 Å². The molecule has 3 rings (SSSR count). The molecular formula is C21H18Cl2N2O5. The maximum atomic E-state index is 11.2. The molecule has 0 aliphatic carbocycles. The summed E-state index contributed by atoms with van der Waals surface area (Å²) in [7, 11) is 0. The van der Waals surface area contributed by atoms with E-state index in [-0.39, 0.29) is 23.7 Å². The van der Waals surface area contributed by atoms with Gasteiger partial charge in [0, 0.05) is 5.02 Å². The lowest BCUT2D eigenvalue weighted by Crippen LogP contribution is -2.01. The van der Waals surface area contributed by atoms with Crippen molar-refractivity contribution in [2.24, 2.45) is 0 Å². The topological polar surface area (TPSA) is 87.6 Å². The fraction of sp³-hybridized carbons (Fsp3) is 0.190. The van der Waals surface area contributed by atoms with Gasteiger partial charge >= 0.3 is 5.69 Å². The van der Waals surface area contributed by atoms with Crippen LogP contribution < -0.4 is 9.47 Å². The number of rotatable bonds is 8. The van der Waals surface area contributed by atoms with Gasteiger partial charge in [-0.05, 0) is 55.3 Å². The molecule has 3 aromatic rings. The second kappa shape index (κ2) is 9.65. The van der Waals surface area contributed by atoms with Crippen LogP contribution in [0.4, 0.5) is 5.69 Å². The van der Waals surface area contributed by atoms with Gasteiger partial charge in [0.05, 0.1) is 16.6 Å². The molecule has 0 aliphatic heterocycles. The fourth-order valence-electron chi connectivity index (χ4n) is 2.71. The number of aromatic nitrogens is 1. The number of nitro groups is 1. The largest absolute Gasteiger partial charge is 0.490 e. The standard InChI is InChI=1S/C21H18Cl2N2O5/c1-3-28-19-11-15(6-9-18-20(25(26)27)13(2)24-30-18)10-17(23)21(19)29-12-14-4-7-16(22)8-5-14/h4-11H,3,12H2,1-2H3. The van der Waals surface area contributed by atoms with Crippen molar-refractivity contribution >= 4 is 41.0 Å². The molecule has 0 unspecified atom stereocenters. The first kappa shape index (κ1) is 21.7. The van der Waals surface area contributed by atoms with Crippen LogP contribution in [0.1, 0.15) is 29.5 Å². The Bertz CT molecular complexity index is 1080. The van der Waals surface area contributed by atoms with Gasteiger partial charge in [-0.1, -0.05) is 46.6 Å². The maximum absolute atomic E-state index is 11.2. The molecule has 0 N–H and O–H groups in total. The van der Waals surface area contributed by atoms with Crippen LogP contribution in [0.3, 0.4) is 0 Å². The van der Waals surface area contributed by atoms with Crippen LogP contribution in [0.5, 0.6) is 11.5 Å². The number of halogens is 2. The lowest BCUT2D eigenvalue weighted by Gasteiger charge is -2.14. The van der Waals surface area contributed by atoms with Crippen molar-refractivity contribution in [3.05, 3.63) is 79.1 Å². The zero-order valence-electron chi connectivity index (χ0n) is 16.2. The molecule has 0 atom stereocenters. The van der Waals surface area contributed by atoms with Gasteiger partial charge in [0.1, 0.15) is 6.61 Å². The summed E-state index contributed by atoms with van der Waals surface area (Å²) in [5, 5.41) is 15.8. The second-order valence-electron chi connectivity index (χ2n) is 6.25. The van der Waals surface area contributed by atoms with Crippen LogP contribution in [0, 0.1) is 17.0 Å². The number of nitrogens with zero attached hydrogens (tertiary/aromatic N) is 2. The zero-order valence-corrected chi connectivity index (χ0v) is 17.7. The molecule has 1 heterocycles. The normalized spacial score (nSPS) is 11.1. The van der Waals surface area contributed by atoms with E-state index in [1.165, 1.54) is 13.0 Å². The first-order valence-electron chi connectivity index (χ1n) is 9.01. The Morgan fingerprint density at radius 1 is 1.17 bits per heavy atom. The molecule has 0 aliphatic rings. The van der Waals surface area contributed by atoms with Gasteiger partial charge in [0.15, 0.2) is 17.2 Å². The summed E-state index contributed by atoms with van der Waals surface area (Å²) >= 11 is 12.3. The van der Waals surface area contributed by atoms with Crippen molar-refractivity contribution in [1.29, 1.82) is 0 Å². The van der Waals surface area contributed by atoms with E-state index in [0.29, 0.717) is 33.7 Å². The minimum Gasteiger partial charge on any atom is -0.490 e. The van der Waals surface area contributed by atoms with Crippen molar-refractivity contribution in [3.63, 3.8) is 0 Å². The Hall–Kier alpha value is -3.03. The molecule has 0 bridgehead atoms. The monoisotopic (exact) mass is 448 g/mol. The number of ether oxygens (including phenoxy) is 2. The highest BCUT2D eigenvalue weighted by molar-refractivity contribution is 6.32. The van der Waals surface area contributed by atoms with E-state index in [4.69, 9.17) is 37.2 Å². The van der Waals surface area contributed by atoms with Gasteiger partial charge in [-0.3, -0.25) is 10.1 Å². The summed E-state index contributed by atoms with van der Waals surface area (Å²) in [4.78, 5) is 10.6. The van der Waals surface area contributed by atoms with E-state index in [9.17, 15) is 10.1 Å². The molecular weight excluding hydrogens is 431 g/mol. The molecule has 0 fully saturated rings. The molecule has 30 heavy (non-hydrogen) atoms. The van der Waals surface area contributed by atoms with E-state index < -0.39 is 4.92 Å². The van der Waals surface area contributed by atoms with Crippen LogP contribution >= 0.6 is 23.2 Å². The molecule has 156 valence electrons. The Balaban J connectivity index is 1.85. The van der Waals surface area contributed by atoms with Crippen LogP contribution in [-0.2, 0) is 6.61 Å². The van der Waals surface area contributed by atoms with Crippen LogP contribution in [0.15, 0.2) is 40.9 Å². The molecule has 7 nitrogen and oxygen atoms in total. The molecule has 0 radical (unpaired) electrons. The predicted molar refractivity (Wildman–Crippen MR) is 115 cm³/mol. The predicted octanol–water partition coefficient (Wildman–Crippen LogP) is 6.35. The summed E-state index contributed by atoms with van der Waals surface area (Å²) in [6, 6.07) is 10.7. The Kier molecular flexibility index (Phi) is 6.97. The smallest absolute Gasteiger partial charge is 0.338 e. The molecule has 1 aromatic heterocycles. The third kappa shape index (κ3) is 5.11. The van der Waals surface area contributed by atoms with Crippen molar-refractivity contribution in [2.45, 2.75) is 20.5 Å². The summed E-state index contributed by atoms with van der Waals surface area (Å²) in [5.41, 5.74) is 1.62. The highest BCUT2D eigenvalue weighted by Gasteiger charge is 2.22. The maximum Gasteiger partial charge on any atom is 0.338 e. The summed E-state index contributed by atoms with van der Waals surface area (Å²) in [6.07, 6.45) is 3.10. The minimum absolute atomic E-state index is 0.0506. The van der Waals surface area contributed by atoms with Gasteiger partial charge in [-0.15, -0.1) is 0 Å². The first-order chi connectivity index (χ1) is 14.4. The Morgan fingerprint density at radius 3 is 2.57 bits per heavy atom. The summed E-state index contributed by atoms with van der Waals surface area (Å²) in [5.74, 6) is 0.920. The lowest BCUT2D eigenvalue weighted by molar-refractivity contribution is -0.386. The number of aryl methyl sites for hydroxylation is 1. The average Bonchev–Trinajstić information content (AvgIpc) is 3.08.